The van der Waals surface area contributed by atoms with Gasteiger partial charge in [-0.25, -0.2) is 4.79 Å². The maximum absolute atomic E-state index is 12.4. The van der Waals surface area contributed by atoms with E-state index in [0.29, 0.717) is 32.6 Å². The van der Waals surface area contributed by atoms with E-state index in [1.807, 2.05) is 6.92 Å². The van der Waals surface area contributed by atoms with Crippen molar-refractivity contribution in [3.05, 3.63) is 0 Å². The van der Waals surface area contributed by atoms with Crippen LogP contribution in [-0.4, -0.2) is 59.5 Å². The maximum Gasteiger partial charge on any atom is 0.317 e. The van der Waals surface area contributed by atoms with Crippen LogP contribution >= 0.6 is 0 Å². The number of nitrogens with two attached hydrogens (primary N) is 1. The van der Waals surface area contributed by atoms with E-state index in [1.54, 1.807) is 16.7 Å². The average molecular weight is 254 g/mol. The zero-order valence-corrected chi connectivity index (χ0v) is 11.1. The van der Waals surface area contributed by atoms with Crippen molar-refractivity contribution in [2.45, 2.75) is 38.3 Å². The SMILES string of the molecule is CCCC(C)(N)C(=O)N1CCN2C(=O)NCC2C1. The van der Waals surface area contributed by atoms with E-state index in [-0.39, 0.29) is 18.0 Å². The van der Waals surface area contributed by atoms with Crippen molar-refractivity contribution >= 4 is 11.9 Å². The standard InChI is InChI=1S/C12H22N4O2/c1-3-4-12(2,13)10(17)15-5-6-16-9(8-15)7-14-11(16)18/h9H,3-8,13H2,1-2H3,(H,14,18). The van der Waals surface area contributed by atoms with Crippen molar-refractivity contribution < 1.29 is 9.59 Å². The van der Waals surface area contributed by atoms with Gasteiger partial charge in [0, 0.05) is 26.2 Å². The van der Waals surface area contributed by atoms with Crippen molar-refractivity contribution in [1.29, 1.82) is 0 Å². The topological polar surface area (TPSA) is 78.7 Å². The summed E-state index contributed by atoms with van der Waals surface area (Å²) in [6.07, 6.45) is 1.58. The molecular weight excluding hydrogens is 232 g/mol. The van der Waals surface area contributed by atoms with Gasteiger partial charge in [0.15, 0.2) is 0 Å². The van der Waals surface area contributed by atoms with Crippen molar-refractivity contribution in [3.8, 4) is 0 Å². The van der Waals surface area contributed by atoms with Crippen LogP contribution in [0.4, 0.5) is 4.79 Å². The Morgan fingerprint density at radius 3 is 2.94 bits per heavy atom. The molecule has 3 amide bonds. The first-order valence-electron chi connectivity index (χ1n) is 6.58. The van der Waals surface area contributed by atoms with Gasteiger partial charge >= 0.3 is 6.03 Å². The Morgan fingerprint density at radius 1 is 1.56 bits per heavy atom. The summed E-state index contributed by atoms with van der Waals surface area (Å²) in [6, 6.07) is 0.0868. The van der Waals surface area contributed by atoms with Crippen LogP contribution in [0.1, 0.15) is 26.7 Å². The molecule has 2 saturated heterocycles. The van der Waals surface area contributed by atoms with Crippen LogP contribution in [-0.2, 0) is 4.79 Å². The lowest BCUT2D eigenvalue weighted by Gasteiger charge is -2.39. The average Bonchev–Trinajstić information content (AvgIpc) is 2.69. The van der Waals surface area contributed by atoms with Gasteiger partial charge in [-0.2, -0.15) is 0 Å². The molecule has 18 heavy (non-hydrogen) atoms. The summed E-state index contributed by atoms with van der Waals surface area (Å²) < 4.78 is 0. The quantitative estimate of drug-likeness (QED) is 0.728. The number of piperazine rings is 1. The first kappa shape index (κ1) is 13.1. The molecule has 0 bridgehead atoms. The van der Waals surface area contributed by atoms with Gasteiger partial charge in [0.1, 0.15) is 0 Å². The molecule has 6 nitrogen and oxygen atoms in total. The molecule has 2 aliphatic heterocycles. The lowest BCUT2D eigenvalue weighted by atomic mass is 9.95. The highest BCUT2D eigenvalue weighted by molar-refractivity contribution is 5.86. The molecule has 2 fully saturated rings. The third-order valence-electron chi connectivity index (χ3n) is 3.78. The molecule has 2 rings (SSSR count). The molecule has 102 valence electrons. The fourth-order valence-corrected chi connectivity index (χ4v) is 2.78. The number of urea groups is 1. The van der Waals surface area contributed by atoms with Crippen molar-refractivity contribution in [3.63, 3.8) is 0 Å². The van der Waals surface area contributed by atoms with E-state index in [9.17, 15) is 9.59 Å². The zero-order chi connectivity index (χ0) is 13.3. The zero-order valence-electron chi connectivity index (χ0n) is 11.1. The number of rotatable bonds is 3. The van der Waals surface area contributed by atoms with Gasteiger partial charge < -0.3 is 20.9 Å². The molecule has 0 aliphatic carbocycles. The molecule has 2 heterocycles. The fraction of sp³-hybridized carbons (Fsp3) is 0.833. The number of fused-ring (bicyclic) bond motifs is 1. The molecule has 0 aromatic carbocycles. The Labute approximate surface area is 107 Å². The third kappa shape index (κ3) is 2.29. The number of hydrogen-bond donors (Lipinski definition) is 2. The lowest BCUT2D eigenvalue weighted by Crippen LogP contribution is -2.60. The Bertz CT molecular complexity index is 356. The van der Waals surface area contributed by atoms with Gasteiger partial charge in [-0.05, 0) is 13.3 Å². The van der Waals surface area contributed by atoms with Crippen molar-refractivity contribution in [2.75, 3.05) is 26.2 Å². The van der Waals surface area contributed by atoms with Crippen molar-refractivity contribution in [1.82, 2.24) is 15.1 Å². The Hall–Kier alpha value is -1.30. The van der Waals surface area contributed by atoms with E-state index < -0.39 is 5.54 Å². The van der Waals surface area contributed by atoms with E-state index in [0.717, 1.165) is 6.42 Å². The van der Waals surface area contributed by atoms with E-state index in [4.69, 9.17) is 5.73 Å². The molecular formula is C12H22N4O2. The predicted octanol–water partition coefficient (Wildman–Crippen LogP) is -0.260. The first-order valence-corrected chi connectivity index (χ1v) is 6.58. The number of nitrogens with one attached hydrogen (secondary N) is 1. The summed E-state index contributed by atoms with van der Waals surface area (Å²) in [5, 5.41) is 2.80. The maximum atomic E-state index is 12.4. The normalized spacial score (nSPS) is 26.6. The minimum Gasteiger partial charge on any atom is -0.337 e. The summed E-state index contributed by atoms with van der Waals surface area (Å²) in [4.78, 5) is 27.4. The van der Waals surface area contributed by atoms with Crippen LogP contribution in [0, 0.1) is 0 Å². The molecule has 2 atom stereocenters. The van der Waals surface area contributed by atoms with Crippen molar-refractivity contribution in [2.24, 2.45) is 5.73 Å². The minimum atomic E-state index is -0.785. The molecule has 2 aliphatic rings. The number of nitrogens with zero attached hydrogens (tertiary/aromatic N) is 2. The van der Waals surface area contributed by atoms with E-state index >= 15 is 0 Å². The van der Waals surface area contributed by atoms with Gasteiger partial charge in [-0.3, -0.25) is 4.79 Å². The smallest absolute Gasteiger partial charge is 0.317 e. The molecule has 3 N–H and O–H groups in total. The van der Waals surface area contributed by atoms with Crippen LogP contribution in [0.15, 0.2) is 0 Å². The summed E-state index contributed by atoms with van der Waals surface area (Å²) in [6.45, 7) is 6.22. The molecule has 0 aromatic heterocycles. The highest BCUT2D eigenvalue weighted by atomic mass is 16.2. The summed E-state index contributed by atoms with van der Waals surface area (Å²) in [5.74, 6) is 0.00310. The minimum absolute atomic E-state index is 0.00310. The van der Waals surface area contributed by atoms with E-state index in [2.05, 4.69) is 5.32 Å². The summed E-state index contributed by atoms with van der Waals surface area (Å²) >= 11 is 0. The second-order valence-corrected chi connectivity index (χ2v) is 5.45. The highest BCUT2D eigenvalue weighted by Crippen LogP contribution is 2.19. The van der Waals surface area contributed by atoms with Gasteiger partial charge in [0.25, 0.3) is 0 Å². The Balaban J connectivity index is 1.99. The van der Waals surface area contributed by atoms with E-state index in [1.165, 1.54) is 0 Å². The van der Waals surface area contributed by atoms with Gasteiger partial charge in [-0.15, -0.1) is 0 Å². The van der Waals surface area contributed by atoms with Gasteiger partial charge in [-0.1, -0.05) is 13.3 Å². The monoisotopic (exact) mass is 254 g/mol. The first-order chi connectivity index (χ1) is 8.45. The lowest BCUT2D eigenvalue weighted by molar-refractivity contribution is -0.138. The van der Waals surface area contributed by atoms with Crippen LogP contribution in [0.3, 0.4) is 0 Å². The van der Waals surface area contributed by atoms with Crippen LogP contribution < -0.4 is 11.1 Å². The molecule has 0 spiro atoms. The predicted molar refractivity (Wildman–Crippen MR) is 68.0 cm³/mol. The van der Waals surface area contributed by atoms with Crippen LogP contribution in [0.5, 0.6) is 0 Å². The molecule has 0 aromatic rings. The third-order valence-corrected chi connectivity index (χ3v) is 3.78. The fourth-order valence-electron chi connectivity index (χ4n) is 2.78. The summed E-state index contributed by atoms with van der Waals surface area (Å²) in [7, 11) is 0. The second kappa shape index (κ2) is 4.76. The van der Waals surface area contributed by atoms with Crippen LogP contribution in [0.25, 0.3) is 0 Å². The molecule has 0 saturated carbocycles. The largest absolute Gasteiger partial charge is 0.337 e. The number of carbonyl (C=O) groups is 2. The Morgan fingerprint density at radius 2 is 2.28 bits per heavy atom. The molecule has 0 radical (unpaired) electrons. The second-order valence-electron chi connectivity index (χ2n) is 5.45. The number of hydrogen-bond acceptors (Lipinski definition) is 3. The Kier molecular flexibility index (Phi) is 3.47. The van der Waals surface area contributed by atoms with Gasteiger partial charge in [0.05, 0.1) is 11.6 Å². The summed E-state index contributed by atoms with van der Waals surface area (Å²) in [5.41, 5.74) is 5.29. The van der Waals surface area contributed by atoms with Gasteiger partial charge in [0.2, 0.25) is 5.91 Å². The number of carbonyl (C=O) groups excluding carboxylic acids is 2. The number of amides is 3. The molecule has 2 unspecified atom stereocenters. The van der Waals surface area contributed by atoms with Crippen LogP contribution in [0.2, 0.25) is 0 Å². The molecule has 6 heteroatoms. The highest BCUT2D eigenvalue weighted by Gasteiger charge is 2.40.